The summed E-state index contributed by atoms with van der Waals surface area (Å²) in [4.78, 5) is 0. The summed E-state index contributed by atoms with van der Waals surface area (Å²) in [6.45, 7) is 8.65. The lowest BCUT2D eigenvalue weighted by Crippen LogP contribution is -2.29. The molecule has 2 heteroatoms. The van der Waals surface area contributed by atoms with E-state index in [1.807, 2.05) is 19.1 Å². The van der Waals surface area contributed by atoms with Crippen LogP contribution in [0.3, 0.4) is 0 Å². The highest BCUT2D eigenvalue weighted by Gasteiger charge is 2.22. The molecule has 0 saturated heterocycles. The van der Waals surface area contributed by atoms with Gasteiger partial charge in [0.1, 0.15) is 12.4 Å². The lowest BCUT2D eigenvalue weighted by atomic mass is 10.1. The number of hydrogen-bond acceptors (Lipinski definition) is 2. The number of hydrogen-bond donors (Lipinski definition) is 1. The molecular weight excluding hydrogens is 222 g/mol. The van der Waals surface area contributed by atoms with Crippen LogP contribution in [0, 0.1) is 0 Å². The summed E-state index contributed by atoms with van der Waals surface area (Å²) < 4.78 is 5.59. The monoisotopic (exact) mass is 245 g/mol. The van der Waals surface area contributed by atoms with Crippen molar-refractivity contribution in [3.8, 4) is 5.75 Å². The highest BCUT2D eigenvalue weighted by atomic mass is 16.5. The van der Waals surface area contributed by atoms with Crippen molar-refractivity contribution < 1.29 is 4.74 Å². The van der Waals surface area contributed by atoms with E-state index in [-0.39, 0.29) is 0 Å². The van der Waals surface area contributed by atoms with E-state index in [1.54, 1.807) is 0 Å². The van der Waals surface area contributed by atoms with Crippen LogP contribution in [0.25, 0.3) is 0 Å². The molecular formula is C16H23NO. The summed E-state index contributed by atoms with van der Waals surface area (Å²) >= 11 is 0. The van der Waals surface area contributed by atoms with Crippen LogP contribution in [-0.2, 0) is 6.42 Å². The van der Waals surface area contributed by atoms with E-state index < -0.39 is 0 Å². The third-order valence-electron chi connectivity index (χ3n) is 3.05. The first kappa shape index (κ1) is 13.2. The highest BCUT2D eigenvalue weighted by Crippen LogP contribution is 2.20. The molecule has 0 amide bonds. The normalized spacial score (nSPS) is 16.3. The van der Waals surface area contributed by atoms with E-state index in [0.717, 1.165) is 23.8 Å². The first-order valence-corrected chi connectivity index (χ1v) is 6.75. The lowest BCUT2D eigenvalue weighted by molar-refractivity contribution is 0.352. The molecule has 1 unspecified atom stereocenters. The van der Waals surface area contributed by atoms with Crippen molar-refractivity contribution in [2.24, 2.45) is 0 Å². The second-order valence-corrected chi connectivity index (χ2v) is 5.44. The van der Waals surface area contributed by atoms with Gasteiger partial charge in [-0.1, -0.05) is 18.7 Å². The molecule has 0 aliphatic heterocycles. The van der Waals surface area contributed by atoms with Gasteiger partial charge in [0, 0.05) is 12.1 Å². The van der Waals surface area contributed by atoms with E-state index in [1.165, 1.54) is 18.4 Å². The Hall–Kier alpha value is -1.28. The third kappa shape index (κ3) is 4.53. The van der Waals surface area contributed by atoms with Gasteiger partial charge in [-0.25, -0.2) is 0 Å². The van der Waals surface area contributed by atoms with Crippen molar-refractivity contribution in [3.63, 3.8) is 0 Å². The van der Waals surface area contributed by atoms with Crippen molar-refractivity contribution in [1.29, 1.82) is 0 Å². The number of ether oxygens (including phenoxy) is 1. The van der Waals surface area contributed by atoms with Crippen LogP contribution < -0.4 is 10.1 Å². The Labute approximate surface area is 110 Å². The summed E-state index contributed by atoms with van der Waals surface area (Å²) in [7, 11) is 0. The maximum atomic E-state index is 5.59. The number of nitrogens with one attached hydrogen (secondary N) is 1. The molecule has 1 saturated carbocycles. The Balaban J connectivity index is 1.80. The molecule has 1 fully saturated rings. The van der Waals surface area contributed by atoms with Crippen molar-refractivity contribution >= 4 is 0 Å². The van der Waals surface area contributed by atoms with Crippen molar-refractivity contribution in [2.75, 3.05) is 6.61 Å². The van der Waals surface area contributed by atoms with Crippen LogP contribution in [0.2, 0.25) is 0 Å². The maximum Gasteiger partial charge on any atom is 0.119 e. The molecule has 0 aromatic heterocycles. The molecule has 2 rings (SSSR count). The Morgan fingerprint density at radius 3 is 2.61 bits per heavy atom. The topological polar surface area (TPSA) is 21.3 Å². The molecule has 1 aliphatic carbocycles. The molecule has 18 heavy (non-hydrogen) atoms. The Kier molecular flexibility index (Phi) is 4.43. The van der Waals surface area contributed by atoms with Gasteiger partial charge in [-0.2, -0.15) is 0 Å². The largest absolute Gasteiger partial charge is 0.489 e. The Morgan fingerprint density at radius 1 is 1.39 bits per heavy atom. The van der Waals surface area contributed by atoms with Crippen LogP contribution in [0.5, 0.6) is 5.75 Å². The molecule has 98 valence electrons. The molecule has 0 heterocycles. The molecule has 1 N–H and O–H groups in total. The molecule has 2 nitrogen and oxygen atoms in total. The maximum absolute atomic E-state index is 5.59. The molecule has 0 spiro atoms. The third-order valence-corrected chi connectivity index (χ3v) is 3.05. The molecule has 1 aromatic rings. The van der Waals surface area contributed by atoms with E-state index in [9.17, 15) is 0 Å². The number of rotatable bonds is 7. The standard InChI is InChI=1S/C16H23NO/c1-12(2)11-18-16-8-4-14(5-9-16)10-13(3)17-15-6-7-15/h4-5,8-9,13,15,17H,1,6-7,10-11H2,2-3H3. The minimum absolute atomic E-state index is 0.555. The second kappa shape index (κ2) is 6.05. The van der Waals surface area contributed by atoms with Gasteiger partial charge in [0.05, 0.1) is 0 Å². The van der Waals surface area contributed by atoms with Gasteiger partial charge in [-0.15, -0.1) is 0 Å². The fourth-order valence-corrected chi connectivity index (χ4v) is 1.99. The van der Waals surface area contributed by atoms with Crippen LogP contribution in [0.4, 0.5) is 0 Å². The summed E-state index contributed by atoms with van der Waals surface area (Å²) in [6.07, 6.45) is 3.77. The first-order chi connectivity index (χ1) is 8.63. The highest BCUT2D eigenvalue weighted by molar-refractivity contribution is 5.28. The average Bonchev–Trinajstić information content (AvgIpc) is 3.12. The van der Waals surface area contributed by atoms with E-state index in [2.05, 4.69) is 31.0 Å². The van der Waals surface area contributed by atoms with Crippen LogP contribution >= 0.6 is 0 Å². The van der Waals surface area contributed by atoms with Gasteiger partial charge in [-0.3, -0.25) is 0 Å². The van der Waals surface area contributed by atoms with Gasteiger partial charge >= 0.3 is 0 Å². The second-order valence-electron chi connectivity index (χ2n) is 5.44. The molecule has 1 aromatic carbocycles. The predicted molar refractivity (Wildman–Crippen MR) is 76.1 cm³/mol. The molecule has 1 aliphatic rings. The lowest BCUT2D eigenvalue weighted by Gasteiger charge is -2.13. The van der Waals surface area contributed by atoms with Crippen LogP contribution in [0.15, 0.2) is 36.4 Å². The Morgan fingerprint density at radius 2 is 2.06 bits per heavy atom. The van der Waals surface area contributed by atoms with Gasteiger partial charge in [0.25, 0.3) is 0 Å². The zero-order chi connectivity index (χ0) is 13.0. The van der Waals surface area contributed by atoms with Crippen LogP contribution in [-0.4, -0.2) is 18.7 Å². The van der Waals surface area contributed by atoms with Crippen molar-refractivity contribution in [2.45, 2.75) is 45.2 Å². The van der Waals surface area contributed by atoms with Gasteiger partial charge in [0.2, 0.25) is 0 Å². The zero-order valence-electron chi connectivity index (χ0n) is 11.4. The summed E-state index contributed by atoms with van der Waals surface area (Å²) in [6, 6.07) is 9.72. The minimum Gasteiger partial charge on any atom is -0.489 e. The summed E-state index contributed by atoms with van der Waals surface area (Å²) in [5, 5.41) is 3.61. The molecule has 1 atom stereocenters. The summed E-state index contributed by atoms with van der Waals surface area (Å²) in [5.74, 6) is 0.921. The minimum atomic E-state index is 0.555. The molecule has 0 radical (unpaired) electrons. The average molecular weight is 245 g/mol. The fraction of sp³-hybridized carbons (Fsp3) is 0.500. The van der Waals surface area contributed by atoms with Gasteiger partial charge < -0.3 is 10.1 Å². The first-order valence-electron chi connectivity index (χ1n) is 6.75. The zero-order valence-corrected chi connectivity index (χ0v) is 11.4. The van der Waals surface area contributed by atoms with E-state index in [0.29, 0.717) is 12.6 Å². The van der Waals surface area contributed by atoms with Gasteiger partial charge in [0.15, 0.2) is 0 Å². The number of benzene rings is 1. The smallest absolute Gasteiger partial charge is 0.119 e. The fourth-order valence-electron chi connectivity index (χ4n) is 1.99. The van der Waals surface area contributed by atoms with Crippen molar-refractivity contribution in [1.82, 2.24) is 5.32 Å². The van der Waals surface area contributed by atoms with E-state index in [4.69, 9.17) is 4.74 Å². The summed E-state index contributed by atoms with van der Waals surface area (Å²) in [5.41, 5.74) is 2.40. The molecule has 0 bridgehead atoms. The SMILES string of the molecule is C=C(C)COc1ccc(CC(C)NC2CC2)cc1. The quantitative estimate of drug-likeness (QED) is 0.744. The van der Waals surface area contributed by atoms with Crippen LogP contribution in [0.1, 0.15) is 32.3 Å². The van der Waals surface area contributed by atoms with Gasteiger partial charge in [-0.05, 0) is 56.4 Å². The predicted octanol–water partition coefficient (Wildman–Crippen LogP) is 3.32. The Bertz CT molecular complexity index is 392. The van der Waals surface area contributed by atoms with E-state index >= 15 is 0 Å². The van der Waals surface area contributed by atoms with Crippen molar-refractivity contribution in [3.05, 3.63) is 42.0 Å².